The van der Waals surface area contributed by atoms with Crippen molar-refractivity contribution in [1.29, 1.82) is 0 Å². The van der Waals surface area contributed by atoms with E-state index in [-0.39, 0.29) is 5.56 Å². The number of halogens is 1. The van der Waals surface area contributed by atoms with Crippen molar-refractivity contribution in [3.8, 4) is 17.2 Å². The van der Waals surface area contributed by atoms with Crippen molar-refractivity contribution in [2.75, 3.05) is 26.1 Å². The van der Waals surface area contributed by atoms with Gasteiger partial charge in [-0.3, -0.25) is 4.79 Å². The van der Waals surface area contributed by atoms with E-state index in [0.29, 0.717) is 27.9 Å². The number of hydrogen-bond acceptors (Lipinski definition) is 7. The fourth-order valence-electron chi connectivity index (χ4n) is 2.47. The fraction of sp³-hybridized carbons (Fsp3) is 0.158. The Labute approximate surface area is 171 Å². The number of methoxy groups -OCH3 is 2. The monoisotopic (exact) mass is 416 g/mol. The van der Waals surface area contributed by atoms with Crippen LogP contribution in [0.15, 0.2) is 49.1 Å². The van der Waals surface area contributed by atoms with Gasteiger partial charge in [0.1, 0.15) is 24.2 Å². The fourth-order valence-corrected chi connectivity index (χ4v) is 2.64. The average molecular weight is 417 g/mol. The number of nitrogens with one attached hydrogen (secondary N) is 1. The molecule has 150 valence electrons. The van der Waals surface area contributed by atoms with E-state index >= 15 is 0 Å². The standard InChI is InChI=1S/C19H17ClN4O5/c1-27-14-5-12(6-15(8-14)28-2)19(26)29-9-18(25)23-16-7-13(20)3-4-17(16)24-11-21-10-22-24/h3-8,10-11H,9H2,1-2H3,(H,23,25). The summed E-state index contributed by atoms with van der Waals surface area (Å²) in [6.07, 6.45) is 2.85. The molecule has 2 aromatic carbocycles. The van der Waals surface area contributed by atoms with Crippen LogP contribution in [0.2, 0.25) is 5.02 Å². The van der Waals surface area contributed by atoms with Gasteiger partial charge in [-0.2, -0.15) is 5.10 Å². The first kappa shape index (κ1) is 20.2. The summed E-state index contributed by atoms with van der Waals surface area (Å²) in [5, 5.41) is 7.11. The highest BCUT2D eigenvalue weighted by molar-refractivity contribution is 6.31. The molecule has 1 amide bonds. The minimum atomic E-state index is -0.694. The van der Waals surface area contributed by atoms with Gasteiger partial charge in [0.2, 0.25) is 0 Å². The molecule has 29 heavy (non-hydrogen) atoms. The second-order valence-corrected chi connectivity index (χ2v) is 6.16. The molecule has 3 rings (SSSR count). The number of amides is 1. The average Bonchev–Trinajstić information content (AvgIpc) is 3.26. The Morgan fingerprint density at radius 3 is 2.45 bits per heavy atom. The summed E-state index contributed by atoms with van der Waals surface area (Å²) in [5.74, 6) is -0.383. The number of anilines is 1. The third-order valence-corrected chi connectivity index (χ3v) is 4.05. The maximum atomic E-state index is 12.3. The molecule has 0 fully saturated rings. The summed E-state index contributed by atoms with van der Waals surface area (Å²) in [7, 11) is 2.93. The molecule has 0 spiro atoms. The van der Waals surface area contributed by atoms with Gasteiger partial charge in [-0.15, -0.1) is 0 Å². The van der Waals surface area contributed by atoms with Crippen molar-refractivity contribution in [2.45, 2.75) is 0 Å². The van der Waals surface area contributed by atoms with Gasteiger partial charge in [0.05, 0.1) is 31.2 Å². The molecule has 0 aliphatic carbocycles. The number of rotatable bonds is 7. The smallest absolute Gasteiger partial charge is 0.338 e. The molecule has 0 saturated heterocycles. The van der Waals surface area contributed by atoms with E-state index < -0.39 is 18.5 Å². The van der Waals surface area contributed by atoms with E-state index in [1.54, 1.807) is 24.3 Å². The van der Waals surface area contributed by atoms with Crippen molar-refractivity contribution in [1.82, 2.24) is 14.8 Å². The van der Waals surface area contributed by atoms with Crippen molar-refractivity contribution in [3.63, 3.8) is 0 Å². The van der Waals surface area contributed by atoms with E-state index in [4.69, 9.17) is 25.8 Å². The van der Waals surface area contributed by atoms with Gasteiger partial charge in [0.15, 0.2) is 6.61 Å². The Kier molecular flexibility index (Phi) is 6.30. The van der Waals surface area contributed by atoms with Gasteiger partial charge in [-0.05, 0) is 30.3 Å². The van der Waals surface area contributed by atoms with Gasteiger partial charge in [0.25, 0.3) is 5.91 Å². The topological polar surface area (TPSA) is 105 Å². The number of benzene rings is 2. The third-order valence-electron chi connectivity index (χ3n) is 3.82. The van der Waals surface area contributed by atoms with Crippen LogP contribution in [0.3, 0.4) is 0 Å². The van der Waals surface area contributed by atoms with E-state index in [2.05, 4.69) is 15.4 Å². The normalized spacial score (nSPS) is 10.3. The molecule has 1 N–H and O–H groups in total. The zero-order valence-corrected chi connectivity index (χ0v) is 16.3. The molecule has 0 aliphatic rings. The maximum Gasteiger partial charge on any atom is 0.338 e. The second kappa shape index (κ2) is 9.07. The predicted molar refractivity (Wildman–Crippen MR) is 105 cm³/mol. The Balaban J connectivity index is 1.68. The maximum absolute atomic E-state index is 12.3. The number of carbonyl (C=O) groups is 2. The number of nitrogens with zero attached hydrogens (tertiary/aromatic N) is 3. The van der Waals surface area contributed by atoms with E-state index in [0.717, 1.165) is 0 Å². The van der Waals surface area contributed by atoms with Gasteiger partial charge < -0.3 is 19.5 Å². The molecular weight excluding hydrogens is 400 g/mol. The number of esters is 1. The van der Waals surface area contributed by atoms with Gasteiger partial charge in [-0.1, -0.05) is 11.6 Å². The van der Waals surface area contributed by atoms with Crippen molar-refractivity contribution < 1.29 is 23.8 Å². The highest BCUT2D eigenvalue weighted by Crippen LogP contribution is 2.25. The second-order valence-electron chi connectivity index (χ2n) is 5.73. The molecular formula is C19H17ClN4O5. The van der Waals surface area contributed by atoms with Gasteiger partial charge in [-0.25, -0.2) is 14.5 Å². The number of aromatic nitrogens is 3. The molecule has 0 aliphatic heterocycles. The molecule has 10 heteroatoms. The highest BCUT2D eigenvalue weighted by atomic mass is 35.5. The van der Waals surface area contributed by atoms with E-state index in [9.17, 15) is 9.59 Å². The van der Waals surface area contributed by atoms with Crippen LogP contribution in [0.25, 0.3) is 5.69 Å². The van der Waals surface area contributed by atoms with Crippen LogP contribution in [-0.4, -0.2) is 47.5 Å². The Morgan fingerprint density at radius 2 is 1.83 bits per heavy atom. The quantitative estimate of drug-likeness (QED) is 0.590. The predicted octanol–water partition coefficient (Wildman–Crippen LogP) is 2.73. The lowest BCUT2D eigenvalue weighted by Crippen LogP contribution is -2.22. The first-order valence-electron chi connectivity index (χ1n) is 8.34. The first-order chi connectivity index (χ1) is 14.0. The SMILES string of the molecule is COc1cc(OC)cc(C(=O)OCC(=O)Nc2cc(Cl)ccc2-n2cncn2)c1. The molecule has 3 aromatic rings. The summed E-state index contributed by atoms with van der Waals surface area (Å²) in [4.78, 5) is 28.5. The minimum Gasteiger partial charge on any atom is -0.497 e. The third kappa shape index (κ3) is 5.02. The van der Waals surface area contributed by atoms with Crippen molar-refractivity contribution in [3.05, 3.63) is 59.6 Å². The van der Waals surface area contributed by atoms with E-state index in [1.807, 2.05) is 0 Å². The van der Waals surface area contributed by atoms with Crippen LogP contribution in [-0.2, 0) is 9.53 Å². The van der Waals surface area contributed by atoms with Crippen LogP contribution in [0.1, 0.15) is 10.4 Å². The Morgan fingerprint density at radius 1 is 1.10 bits per heavy atom. The summed E-state index contributed by atoms with van der Waals surface area (Å²) in [6, 6.07) is 9.50. The van der Waals surface area contributed by atoms with Crippen LogP contribution >= 0.6 is 11.6 Å². The molecule has 1 aromatic heterocycles. The van der Waals surface area contributed by atoms with Crippen molar-refractivity contribution in [2.24, 2.45) is 0 Å². The molecule has 0 saturated carbocycles. The highest BCUT2D eigenvalue weighted by Gasteiger charge is 2.15. The van der Waals surface area contributed by atoms with Crippen LogP contribution in [0.5, 0.6) is 11.5 Å². The number of hydrogen-bond donors (Lipinski definition) is 1. The minimum absolute atomic E-state index is 0.195. The van der Waals surface area contributed by atoms with Gasteiger partial charge in [0, 0.05) is 11.1 Å². The first-order valence-corrected chi connectivity index (χ1v) is 8.72. The van der Waals surface area contributed by atoms with Crippen LogP contribution in [0.4, 0.5) is 5.69 Å². The van der Waals surface area contributed by atoms with E-state index in [1.165, 1.54) is 43.7 Å². The number of ether oxygens (including phenoxy) is 3. The lowest BCUT2D eigenvalue weighted by molar-refractivity contribution is -0.119. The Bertz CT molecular complexity index is 1000. The largest absolute Gasteiger partial charge is 0.497 e. The summed E-state index contributed by atoms with van der Waals surface area (Å²) >= 11 is 6.02. The zero-order valence-electron chi connectivity index (χ0n) is 15.6. The molecule has 0 radical (unpaired) electrons. The zero-order chi connectivity index (χ0) is 20.8. The Hall–Kier alpha value is -3.59. The molecule has 0 bridgehead atoms. The van der Waals surface area contributed by atoms with Crippen molar-refractivity contribution >= 4 is 29.2 Å². The summed E-state index contributed by atoms with van der Waals surface area (Å²) in [6.45, 7) is -0.498. The molecule has 9 nitrogen and oxygen atoms in total. The molecule has 0 atom stereocenters. The lowest BCUT2D eigenvalue weighted by Gasteiger charge is -2.12. The lowest BCUT2D eigenvalue weighted by atomic mass is 10.2. The molecule has 1 heterocycles. The van der Waals surface area contributed by atoms with Crippen LogP contribution < -0.4 is 14.8 Å². The summed E-state index contributed by atoms with van der Waals surface area (Å²) < 4.78 is 16.8. The number of carbonyl (C=O) groups excluding carboxylic acids is 2. The van der Waals surface area contributed by atoms with Crippen LogP contribution in [0, 0.1) is 0 Å². The molecule has 0 unspecified atom stereocenters. The van der Waals surface area contributed by atoms with Gasteiger partial charge >= 0.3 is 5.97 Å². The summed E-state index contributed by atoms with van der Waals surface area (Å²) in [5.41, 5.74) is 1.15.